The Morgan fingerprint density at radius 3 is 2.53 bits per heavy atom. The lowest BCUT2D eigenvalue weighted by molar-refractivity contribution is -0.126. The first kappa shape index (κ1) is 22.1. The third-order valence-electron chi connectivity index (χ3n) is 6.22. The lowest BCUT2D eigenvalue weighted by Gasteiger charge is -2.27. The summed E-state index contributed by atoms with van der Waals surface area (Å²) in [6, 6.07) is 19.8. The first-order valence-corrected chi connectivity index (χ1v) is 12.2. The van der Waals surface area contributed by atoms with Gasteiger partial charge < -0.3 is 14.8 Å². The van der Waals surface area contributed by atoms with Crippen LogP contribution in [0.5, 0.6) is 0 Å². The van der Waals surface area contributed by atoms with E-state index in [0.717, 1.165) is 28.2 Å². The second-order valence-electron chi connectivity index (χ2n) is 8.64. The molecule has 0 radical (unpaired) electrons. The summed E-state index contributed by atoms with van der Waals surface area (Å²) >= 11 is 1.58. The van der Waals surface area contributed by atoms with E-state index in [1.54, 1.807) is 28.8 Å². The molecule has 6 nitrogen and oxygen atoms in total. The minimum absolute atomic E-state index is 0.0220. The van der Waals surface area contributed by atoms with Crippen LogP contribution in [0, 0.1) is 12.8 Å². The normalized spacial score (nSPS) is 17.8. The lowest BCUT2D eigenvalue weighted by Crippen LogP contribution is -2.35. The Labute approximate surface area is 202 Å². The number of benzene rings is 2. The van der Waals surface area contributed by atoms with Crippen LogP contribution in [-0.2, 0) is 22.7 Å². The van der Waals surface area contributed by atoms with Crippen molar-refractivity contribution in [2.24, 2.45) is 5.92 Å². The molecule has 4 aromatic rings. The summed E-state index contributed by atoms with van der Waals surface area (Å²) in [4.78, 5) is 33.2. The molecule has 1 saturated heterocycles. The van der Waals surface area contributed by atoms with Crippen LogP contribution in [0.3, 0.4) is 0 Å². The predicted molar refractivity (Wildman–Crippen MR) is 133 cm³/mol. The SMILES string of the molecule is Cc1ccc(N2C(=O)C[C@@H](C(=O)NCc3ccc(Cn4ccnc4)cc3)[C@@H]2c2cccs2)cc1. The minimum Gasteiger partial charge on any atom is -0.352 e. The molecule has 3 heterocycles. The molecule has 1 N–H and O–H groups in total. The molecule has 1 fully saturated rings. The van der Waals surface area contributed by atoms with Gasteiger partial charge in [0.25, 0.3) is 0 Å². The van der Waals surface area contributed by atoms with Gasteiger partial charge in [-0.15, -0.1) is 11.3 Å². The molecule has 34 heavy (non-hydrogen) atoms. The molecule has 1 aliphatic rings. The number of hydrogen-bond acceptors (Lipinski definition) is 4. The number of amides is 2. The number of hydrogen-bond donors (Lipinski definition) is 1. The number of carbonyl (C=O) groups is 2. The highest BCUT2D eigenvalue weighted by Crippen LogP contribution is 2.43. The van der Waals surface area contributed by atoms with Crippen molar-refractivity contribution >= 4 is 28.8 Å². The monoisotopic (exact) mass is 470 g/mol. The summed E-state index contributed by atoms with van der Waals surface area (Å²) in [5, 5.41) is 5.06. The van der Waals surface area contributed by atoms with Gasteiger partial charge in [-0.05, 0) is 41.6 Å². The molecule has 2 amide bonds. The molecule has 0 bridgehead atoms. The molecular formula is C27H26N4O2S. The number of aromatic nitrogens is 2. The maximum absolute atomic E-state index is 13.3. The van der Waals surface area contributed by atoms with Crippen molar-refractivity contribution in [2.45, 2.75) is 32.5 Å². The van der Waals surface area contributed by atoms with E-state index in [1.807, 2.05) is 71.6 Å². The number of carbonyl (C=O) groups excluding carboxylic acids is 2. The standard InChI is InChI=1S/C27H26N4O2S/c1-19-4-10-22(11-5-19)31-25(32)15-23(26(31)24-3-2-14-34-24)27(33)29-16-20-6-8-21(9-7-20)17-30-13-12-28-18-30/h2-14,18,23,26H,15-17H2,1H3,(H,29,33)/t23-,26-/m1/s1. The summed E-state index contributed by atoms with van der Waals surface area (Å²) in [6.45, 7) is 3.21. The number of aryl methyl sites for hydroxylation is 1. The smallest absolute Gasteiger partial charge is 0.228 e. The third-order valence-corrected chi connectivity index (χ3v) is 7.16. The van der Waals surface area contributed by atoms with Gasteiger partial charge in [-0.2, -0.15) is 0 Å². The predicted octanol–water partition coefficient (Wildman–Crippen LogP) is 4.71. The van der Waals surface area contributed by atoms with Crippen LogP contribution in [0.15, 0.2) is 84.8 Å². The zero-order valence-electron chi connectivity index (χ0n) is 18.9. The van der Waals surface area contributed by atoms with Gasteiger partial charge in [0.05, 0.1) is 18.3 Å². The molecular weight excluding hydrogens is 444 g/mol. The molecule has 0 aliphatic carbocycles. The highest BCUT2D eigenvalue weighted by atomic mass is 32.1. The average molecular weight is 471 g/mol. The molecule has 0 spiro atoms. The molecule has 7 heteroatoms. The Hall–Kier alpha value is -3.71. The number of anilines is 1. The van der Waals surface area contributed by atoms with Crippen molar-refractivity contribution in [3.63, 3.8) is 0 Å². The van der Waals surface area contributed by atoms with E-state index in [2.05, 4.69) is 22.4 Å². The van der Waals surface area contributed by atoms with Gasteiger partial charge >= 0.3 is 0 Å². The van der Waals surface area contributed by atoms with Crippen LogP contribution in [0.2, 0.25) is 0 Å². The average Bonchev–Trinajstić information content (AvgIpc) is 3.61. The van der Waals surface area contributed by atoms with Crippen LogP contribution < -0.4 is 10.2 Å². The van der Waals surface area contributed by atoms with Crippen LogP contribution in [0.4, 0.5) is 5.69 Å². The van der Waals surface area contributed by atoms with E-state index in [1.165, 1.54) is 5.56 Å². The highest BCUT2D eigenvalue weighted by Gasteiger charge is 2.45. The molecule has 2 aromatic carbocycles. The molecule has 1 aliphatic heterocycles. The number of imidazole rings is 1. The van der Waals surface area contributed by atoms with Crippen LogP contribution in [0.1, 0.15) is 34.0 Å². The maximum atomic E-state index is 13.3. The van der Waals surface area contributed by atoms with Gasteiger partial charge in [-0.3, -0.25) is 9.59 Å². The van der Waals surface area contributed by atoms with E-state index < -0.39 is 5.92 Å². The zero-order chi connectivity index (χ0) is 23.5. The Morgan fingerprint density at radius 1 is 1.09 bits per heavy atom. The van der Waals surface area contributed by atoms with Crippen molar-refractivity contribution in [1.82, 2.24) is 14.9 Å². The van der Waals surface area contributed by atoms with Gasteiger partial charge in [-0.25, -0.2) is 4.98 Å². The number of nitrogens with one attached hydrogen (secondary N) is 1. The summed E-state index contributed by atoms with van der Waals surface area (Å²) < 4.78 is 2.01. The quantitative estimate of drug-likeness (QED) is 0.425. The second-order valence-corrected chi connectivity index (χ2v) is 9.62. The number of nitrogens with zero attached hydrogens (tertiary/aromatic N) is 3. The summed E-state index contributed by atoms with van der Waals surface area (Å²) in [5.74, 6) is -0.553. The van der Waals surface area contributed by atoms with E-state index in [9.17, 15) is 9.59 Å². The van der Waals surface area contributed by atoms with Crippen LogP contribution in [0.25, 0.3) is 0 Å². The molecule has 0 saturated carbocycles. The van der Waals surface area contributed by atoms with Gasteiger partial charge in [0.15, 0.2) is 0 Å². The van der Waals surface area contributed by atoms with Gasteiger partial charge in [-0.1, -0.05) is 48.0 Å². The second kappa shape index (κ2) is 9.65. The van der Waals surface area contributed by atoms with E-state index in [4.69, 9.17) is 0 Å². The number of thiophene rings is 1. The van der Waals surface area contributed by atoms with E-state index in [0.29, 0.717) is 6.54 Å². The lowest BCUT2D eigenvalue weighted by atomic mass is 9.97. The summed E-state index contributed by atoms with van der Waals surface area (Å²) in [7, 11) is 0. The van der Waals surface area contributed by atoms with Crippen molar-refractivity contribution in [3.05, 3.63) is 106 Å². The Morgan fingerprint density at radius 2 is 1.85 bits per heavy atom. The Bertz CT molecular complexity index is 1250. The largest absolute Gasteiger partial charge is 0.352 e. The molecule has 5 rings (SSSR count). The third kappa shape index (κ3) is 4.65. The first-order chi connectivity index (χ1) is 16.6. The fourth-order valence-corrected chi connectivity index (χ4v) is 5.32. The molecule has 172 valence electrons. The molecule has 2 aromatic heterocycles. The maximum Gasteiger partial charge on any atom is 0.228 e. The Kier molecular flexibility index (Phi) is 6.27. The van der Waals surface area contributed by atoms with Crippen molar-refractivity contribution in [1.29, 1.82) is 0 Å². The van der Waals surface area contributed by atoms with Crippen LogP contribution >= 0.6 is 11.3 Å². The molecule has 0 unspecified atom stereocenters. The Balaban J connectivity index is 1.29. The molecule has 2 atom stereocenters. The topological polar surface area (TPSA) is 67.2 Å². The van der Waals surface area contributed by atoms with Crippen molar-refractivity contribution < 1.29 is 9.59 Å². The fraction of sp³-hybridized carbons (Fsp3) is 0.222. The van der Waals surface area contributed by atoms with E-state index in [-0.39, 0.29) is 24.3 Å². The fourth-order valence-electron chi connectivity index (χ4n) is 4.44. The van der Waals surface area contributed by atoms with Gasteiger partial charge in [0, 0.05) is 42.5 Å². The highest BCUT2D eigenvalue weighted by molar-refractivity contribution is 7.10. The first-order valence-electron chi connectivity index (χ1n) is 11.3. The van der Waals surface area contributed by atoms with Crippen molar-refractivity contribution in [3.8, 4) is 0 Å². The zero-order valence-corrected chi connectivity index (χ0v) is 19.7. The summed E-state index contributed by atoms with van der Waals surface area (Å²) in [6.07, 6.45) is 5.69. The number of rotatable bonds is 7. The van der Waals surface area contributed by atoms with Crippen LogP contribution in [-0.4, -0.2) is 21.4 Å². The van der Waals surface area contributed by atoms with Gasteiger partial charge in [0.2, 0.25) is 11.8 Å². The summed E-state index contributed by atoms with van der Waals surface area (Å²) in [5.41, 5.74) is 4.15. The van der Waals surface area contributed by atoms with E-state index >= 15 is 0 Å². The minimum atomic E-state index is -0.437. The van der Waals surface area contributed by atoms with Crippen molar-refractivity contribution in [2.75, 3.05) is 4.90 Å². The van der Waals surface area contributed by atoms with Gasteiger partial charge in [0.1, 0.15) is 0 Å².